The zero-order chi connectivity index (χ0) is 14.0. The number of nitrogens with two attached hydrogens (primary N) is 1. The van der Waals surface area contributed by atoms with Gasteiger partial charge < -0.3 is 15.4 Å². The molecule has 0 spiro atoms. The molecule has 1 saturated heterocycles. The van der Waals surface area contributed by atoms with Crippen LogP contribution in [0.2, 0.25) is 0 Å². The molecule has 1 aromatic carbocycles. The number of non-ortho nitro benzene ring substituents is 1. The maximum atomic E-state index is 13.4. The van der Waals surface area contributed by atoms with Gasteiger partial charge in [-0.2, -0.15) is 0 Å². The smallest absolute Gasteiger partial charge is 0.274 e. The molecule has 19 heavy (non-hydrogen) atoms. The Labute approximate surface area is 107 Å². The number of carbonyl (C=O) groups is 1. The second kappa shape index (κ2) is 5.19. The number of benzene rings is 1. The number of nitro benzene ring substituents is 1. The van der Waals surface area contributed by atoms with Gasteiger partial charge in [-0.25, -0.2) is 4.39 Å². The van der Waals surface area contributed by atoms with Gasteiger partial charge in [0.05, 0.1) is 24.2 Å². The summed E-state index contributed by atoms with van der Waals surface area (Å²) >= 11 is 0. The summed E-state index contributed by atoms with van der Waals surface area (Å²) in [7, 11) is 0. The summed E-state index contributed by atoms with van der Waals surface area (Å²) in [6, 6.07) is 2.41. The van der Waals surface area contributed by atoms with E-state index in [1.165, 1.54) is 11.0 Å². The lowest BCUT2D eigenvalue weighted by Gasteiger charge is -2.35. The Morgan fingerprint density at radius 1 is 1.53 bits per heavy atom. The number of carbonyl (C=O) groups excluding carboxylic acids is 1. The number of rotatable bonds is 3. The largest absolute Gasteiger partial charge is 0.377 e. The molecule has 1 aliphatic heterocycles. The van der Waals surface area contributed by atoms with Crippen LogP contribution in [0.15, 0.2) is 18.2 Å². The van der Waals surface area contributed by atoms with E-state index >= 15 is 0 Å². The van der Waals surface area contributed by atoms with Crippen molar-refractivity contribution in [2.24, 2.45) is 5.73 Å². The summed E-state index contributed by atoms with van der Waals surface area (Å²) in [4.78, 5) is 22.8. The SMILES string of the molecule is NC(=O)C1COCCN1c1cc(F)cc([N+](=O)[O-])c1. The molecule has 0 radical (unpaired) electrons. The van der Waals surface area contributed by atoms with Gasteiger partial charge in [-0.15, -0.1) is 0 Å². The van der Waals surface area contributed by atoms with Crippen molar-refractivity contribution in [1.29, 1.82) is 0 Å². The molecule has 1 aliphatic rings. The van der Waals surface area contributed by atoms with Gasteiger partial charge in [0.15, 0.2) is 0 Å². The first kappa shape index (κ1) is 13.2. The van der Waals surface area contributed by atoms with Crippen LogP contribution in [0.4, 0.5) is 15.8 Å². The van der Waals surface area contributed by atoms with Gasteiger partial charge in [-0.05, 0) is 6.07 Å². The Hall–Kier alpha value is -2.22. The summed E-state index contributed by atoms with van der Waals surface area (Å²) in [6.07, 6.45) is 0. The molecule has 0 aromatic heterocycles. The molecule has 2 N–H and O–H groups in total. The molecule has 1 amide bonds. The minimum atomic E-state index is -0.754. The standard InChI is InChI=1S/C11H12FN3O4/c12-7-3-8(5-9(4-7)15(17)18)14-1-2-19-6-10(14)11(13)16/h3-5,10H,1-2,6H2,(H2,13,16). The second-order valence-electron chi connectivity index (χ2n) is 4.11. The number of ether oxygens (including phenoxy) is 1. The summed E-state index contributed by atoms with van der Waals surface area (Å²) < 4.78 is 18.5. The molecule has 8 heteroatoms. The summed E-state index contributed by atoms with van der Waals surface area (Å²) in [5, 5.41) is 10.7. The van der Waals surface area contributed by atoms with E-state index in [1.807, 2.05) is 0 Å². The average molecular weight is 269 g/mol. The molecule has 2 rings (SSSR count). The van der Waals surface area contributed by atoms with E-state index in [-0.39, 0.29) is 18.0 Å². The van der Waals surface area contributed by atoms with E-state index in [2.05, 4.69) is 0 Å². The van der Waals surface area contributed by atoms with Crippen molar-refractivity contribution >= 4 is 17.3 Å². The Kier molecular flexibility index (Phi) is 3.61. The third-order valence-electron chi connectivity index (χ3n) is 2.87. The van der Waals surface area contributed by atoms with Crippen LogP contribution in [-0.2, 0) is 9.53 Å². The van der Waals surface area contributed by atoms with Crippen molar-refractivity contribution < 1.29 is 18.8 Å². The first-order valence-electron chi connectivity index (χ1n) is 5.57. The first-order chi connectivity index (χ1) is 8.99. The van der Waals surface area contributed by atoms with Crippen LogP contribution in [0.3, 0.4) is 0 Å². The number of halogens is 1. The highest BCUT2D eigenvalue weighted by Crippen LogP contribution is 2.26. The molecule has 0 saturated carbocycles. The van der Waals surface area contributed by atoms with E-state index in [4.69, 9.17) is 10.5 Å². The lowest BCUT2D eigenvalue weighted by molar-refractivity contribution is -0.385. The molecule has 0 aliphatic carbocycles. The number of hydrogen-bond donors (Lipinski definition) is 1. The van der Waals surface area contributed by atoms with Crippen molar-refractivity contribution in [2.75, 3.05) is 24.7 Å². The monoisotopic (exact) mass is 269 g/mol. The number of nitrogens with zero attached hydrogens (tertiary/aromatic N) is 2. The van der Waals surface area contributed by atoms with Crippen molar-refractivity contribution in [1.82, 2.24) is 0 Å². The maximum Gasteiger partial charge on any atom is 0.274 e. The van der Waals surface area contributed by atoms with E-state index in [1.54, 1.807) is 0 Å². The van der Waals surface area contributed by atoms with Crippen molar-refractivity contribution in [3.05, 3.63) is 34.1 Å². The quantitative estimate of drug-likeness (QED) is 0.633. The van der Waals surface area contributed by atoms with Gasteiger partial charge in [0.1, 0.15) is 11.9 Å². The predicted octanol–water partition coefficient (Wildman–Crippen LogP) is 0.424. The van der Waals surface area contributed by atoms with Crippen molar-refractivity contribution in [3.63, 3.8) is 0 Å². The van der Waals surface area contributed by atoms with E-state index < -0.39 is 22.7 Å². The Bertz CT molecular complexity index is 523. The Morgan fingerprint density at radius 3 is 2.89 bits per heavy atom. The second-order valence-corrected chi connectivity index (χ2v) is 4.11. The summed E-state index contributed by atoms with van der Waals surface area (Å²) in [5.74, 6) is -1.36. The summed E-state index contributed by atoms with van der Waals surface area (Å²) in [6.45, 7) is 0.738. The number of amides is 1. The van der Waals surface area contributed by atoms with Crippen LogP contribution in [0, 0.1) is 15.9 Å². The highest BCUT2D eigenvalue weighted by Gasteiger charge is 2.29. The number of primary amides is 1. The molecule has 7 nitrogen and oxygen atoms in total. The number of anilines is 1. The molecule has 1 heterocycles. The number of nitro groups is 1. The highest BCUT2D eigenvalue weighted by atomic mass is 19.1. The predicted molar refractivity (Wildman–Crippen MR) is 64.2 cm³/mol. The van der Waals surface area contributed by atoms with Crippen LogP contribution >= 0.6 is 0 Å². The lowest BCUT2D eigenvalue weighted by Crippen LogP contribution is -2.52. The fourth-order valence-electron chi connectivity index (χ4n) is 1.98. The summed E-state index contributed by atoms with van der Waals surface area (Å²) in [5.41, 5.74) is 5.12. The third kappa shape index (κ3) is 2.79. The molecule has 1 unspecified atom stereocenters. The molecular weight excluding hydrogens is 257 g/mol. The number of morpholine rings is 1. The van der Waals surface area contributed by atoms with Gasteiger partial charge in [-0.3, -0.25) is 14.9 Å². The lowest BCUT2D eigenvalue weighted by atomic mass is 10.1. The van der Waals surface area contributed by atoms with Crippen LogP contribution in [0.5, 0.6) is 0 Å². The Morgan fingerprint density at radius 2 is 2.26 bits per heavy atom. The number of hydrogen-bond acceptors (Lipinski definition) is 5. The Balaban J connectivity index is 2.38. The van der Waals surface area contributed by atoms with Gasteiger partial charge in [0, 0.05) is 18.3 Å². The van der Waals surface area contributed by atoms with Crippen LogP contribution in [0.25, 0.3) is 0 Å². The van der Waals surface area contributed by atoms with E-state index in [0.717, 1.165) is 12.1 Å². The minimum absolute atomic E-state index is 0.0830. The van der Waals surface area contributed by atoms with Gasteiger partial charge >= 0.3 is 0 Å². The molecular formula is C11H12FN3O4. The normalized spacial score (nSPS) is 19.2. The van der Waals surface area contributed by atoms with Gasteiger partial charge in [0.2, 0.25) is 5.91 Å². The fourth-order valence-corrected chi connectivity index (χ4v) is 1.98. The topological polar surface area (TPSA) is 98.7 Å². The van der Waals surface area contributed by atoms with Gasteiger partial charge in [0.25, 0.3) is 5.69 Å². The van der Waals surface area contributed by atoms with Crippen molar-refractivity contribution in [2.45, 2.75) is 6.04 Å². The fraction of sp³-hybridized carbons (Fsp3) is 0.364. The zero-order valence-electron chi connectivity index (χ0n) is 9.91. The average Bonchev–Trinajstić information content (AvgIpc) is 2.37. The zero-order valence-corrected chi connectivity index (χ0v) is 9.91. The maximum absolute atomic E-state index is 13.4. The van der Waals surface area contributed by atoms with Crippen molar-refractivity contribution in [3.8, 4) is 0 Å². The molecule has 1 atom stereocenters. The van der Waals surface area contributed by atoms with Gasteiger partial charge in [-0.1, -0.05) is 0 Å². The third-order valence-corrected chi connectivity index (χ3v) is 2.87. The van der Waals surface area contributed by atoms with E-state index in [0.29, 0.717) is 13.2 Å². The molecule has 1 aromatic rings. The van der Waals surface area contributed by atoms with Crippen LogP contribution in [-0.4, -0.2) is 36.6 Å². The molecule has 102 valence electrons. The first-order valence-corrected chi connectivity index (χ1v) is 5.57. The highest BCUT2D eigenvalue weighted by molar-refractivity contribution is 5.84. The van der Waals surface area contributed by atoms with Crippen LogP contribution in [0.1, 0.15) is 0 Å². The molecule has 1 fully saturated rings. The molecule has 0 bridgehead atoms. The minimum Gasteiger partial charge on any atom is -0.377 e. The van der Waals surface area contributed by atoms with E-state index in [9.17, 15) is 19.3 Å². The van der Waals surface area contributed by atoms with Crippen LogP contribution < -0.4 is 10.6 Å².